The first kappa shape index (κ1) is 25.5. The summed E-state index contributed by atoms with van der Waals surface area (Å²) in [6, 6.07) is 16.1. The van der Waals surface area contributed by atoms with Gasteiger partial charge in [-0.25, -0.2) is 4.98 Å². The van der Waals surface area contributed by atoms with Gasteiger partial charge in [0.05, 0.1) is 17.3 Å². The van der Waals surface area contributed by atoms with E-state index in [-0.39, 0.29) is 18.3 Å². The van der Waals surface area contributed by atoms with Crippen LogP contribution in [-0.4, -0.2) is 54.8 Å². The van der Waals surface area contributed by atoms with E-state index in [4.69, 9.17) is 9.72 Å². The highest BCUT2D eigenvalue weighted by molar-refractivity contribution is 7.99. The zero-order valence-corrected chi connectivity index (χ0v) is 20.7. The lowest BCUT2D eigenvalue weighted by molar-refractivity contribution is -0.118. The molecule has 0 saturated carbocycles. The molecule has 1 heterocycles. The molecular weight excluding hydrogens is 450 g/mol. The maximum Gasteiger partial charge on any atom is 0.229 e. The number of methoxy groups -OCH3 is 1. The number of carbonyl (C=O) groups is 1. The summed E-state index contributed by atoms with van der Waals surface area (Å²) in [6.07, 6.45) is 0.483. The fourth-order valence-electron chi connectivity index (χ4n) is 3.15. The molecule has 0 bridgehead atoms. The number of hydrogen-bond donors (Lipinski definition) is 0. The van der Waals surface area contributed by atoms with Gasteiger partial charge >= 0.3 is 0 Å². The van der Waals surface area contributed by atoms with Crippen molar-refractivity contribution in [3.05, 3.63) is 48.5 Å². The third-order valence-electron chi connectivity index (χ3n) is 4.98. The van der Waals surface area contributed by atoms with Crippen LogP contribution in [0.25, 0.3) is 10.2 Å². The van der Waals surface area contributed by atoms with Crippen LogP contribution in [-0.2, 0) is 4.79 Å². The molecule has 5 nitrogen and oxygen atoms in total. The summed E-state index contributed by atoms with van der Waals surface area (Å²) >= 11 is 3.28. The predicted octanol–water partition coefficient (Wildman–Crippen LogP) is 5.58. The number of nitrogens with zero attached hydrogens (tertiary/aromatic N) is 3. The van der Waals surface area contributed by atoms with Gasteiger partial charge in [-0.3, -0.25) is 9.69 Å². The zero-order valence-electron chi connectivity index (χ0n) is 18.2. The van der Waals surface area contributed by atoms with Crippen LogP contribution in [0, 0.1) is 0 Å². The van der Waals surface area contributed by atoms with Crippen LogP contribution < -0.4 is 9.64 Å². The number of hydrogen-bond acceptors (Lipinski definition) is 6. The van der Waals surface area contributed by atoms with Crippen molar-refractivity contribution in [3.8, 4) is 5.75 Å². The van der Waals surface area contributed by atoms with Gasteiger partial charge in [-0.1, -0.05) is 43.4 Å². The number of carbonyl (C=O) groups excluding carboxylic acids is 1. The van der Waals surface area contributed by atoms with Gasteiger partial charge < -0.3 is 9.64 Å². The smallest absolute Gasteiger partial charge is 0.229 e. The Kier molecular flexibility index (Phi) is 10.6. The maximum atomic E-state index is 13.2. The number of fused-ring (bicyclic) bond motifs is 1. The Bertz CT molecular complexity index is 948. The van der Waals surface area contributed by atoms with Crippen molar-refractivity contribution in [2.24, 2.45) is 0 Å². The molecule has 0 unspecified atom stereocenters. The largest absolute Gasteiger partial charge is 0.497 e. The molecule has 1 amide bonds. The second-order valence-corrected chi connectivity index (χ2v) is 8.99. The average molecular weight is 480 g/mol. The molecule has 168 valence electrons. The van der Waals surface area contributed by atoms with Crippen LogP contribution >= 0.6 is 35.5 Å². The highest BCUT2D eigenvalue weighted by atomic mass is 35.5. The second-order valence-electron chi connectivity index (χ2n) is 6.81. The van der Waals surface area contributed by atoms with Crippen LogP contribution in [0.15, 0.2) is 53.4 Å². The van der Waals surface area contributed by atoms with Gasteiger partial charge in [0.25, 0.3) is 0 Å². The lowest BCUT2D eigenvalue weighted by Crippen LogP contribution is -2.39. The highest BCUT2D eigenvalue weighted by Crippen LogP contribution is 2.31. The first-order valence-corrected chi connectivity index (χ1v) is 12.1. The van der Waals surface area contributed by atoms with Crippen molar-refractivity contribution in [1.82, 2.24) is 9.88 Å². The van der Waals surface area contributed by atoms with E-state index in [9.17, 15) is 4.79 Å². The average Bonchev–Trinajstić information content (AvgIpc) is 3.20. The standard InChI is InChI=1S/C23H29N3O2S2.ClH/c1-4-25(5-2)14-15-26(22(27)13-16-29-19-9-7-6-8-10-19)23-24-20-17-18(28-3)11-12-21(20)30-23;/h6-12,17H,4-5,13-16H2,1-3H3;1H. The first-order valence-electron chi connectivity index (χ1n) is 10.3. The molecule has 0 spiro atoms. The van der Waals surface area contributed by atoms with Gasteiger partial charge in [0.1, 0.15) is 5.75 Å². The SMILES string of the molecule is CCN(CC)CCN(C(=O)CCSc1ccccc1)c1nc2cc(OC)ccc2s1.Cl. The number of benzene rings is 2. The number of aromatic nitrogens is 1. The Morgan fingerprint density at radius 3 is 2.52 bits per heavy atom. The summed E-state index contributed by atoms with van der Waals surface area (Å²) in [5, 5.41) is 0.764. The van der Waals surface area contributed by atoms with Gasteiger partial charge in [0.15, 0.2) is 5.13 Å². The van der Waals surface area contributed by atoms with E-state index in [1.807, 2.05) is 41.3 Å². The Balaban J connectivity index is 0.00000341. The fraction of sp³-hybridized carbons (Fsp3) is 0.391. The molecule has 0 fully saturated rings. The Labute approximate surface area is 199 Å². The van der Waals surface area contributed by atoms with Crippen LogP contribution in [0.3, 0.4) is 0 Å². The van der Waals surface area contributed by atoms with Gasteiger partial charge in [-0.2, -0.15) is 0 Å². The van der Waals surface area contributed by atoms with Crippen molar-refractivity contribution in [1.29, 1.82) is 0 Å². The molecule has 0 aliphatic heterocycles. The molecule has 1 aromatic heterocycles. The van der Waals surface area contributed by atoms with Gasteiger partial charge in [0, 0.05) is 36.2 Å². The first-order chi connectivity index (χ1) is 14.6. The van der Waals surface area contributed by atoms with Crippen molar-refractivity contribution >= 4 is 56.8 Å². The summed E-state index contributed by atoms with van der Waals surface area (Å²) in [5.74, 6) is 1.65. The molecule has 0 aliphatic carbocycles. The number of thiazole rings is 1. The molecule has 0 radical (unpaired) electrons. The summed E-state index contributed by atoms with van der Waals surface area (Å²) in [4.78, 5) is 23.3. The van der Waals surface area contributed by atoms with E-state index in [2.05, 4.69) is 30.9 Å². The molecule has 8 heteroatoms. The molecule has 3 aromatic rings. The van der Waals surface area contributed by atoms with E-state index < -0.39 is 0 Å². The second kappa shape index (κ2) is 12.9. The molecule has 0 N–H and O–H groups in total. The number of rotatable bonds is 11. The van der Waals surface area contributed by atoms with Crippen molar-refractivity contribution in [2.45, 2.75) is 25.2 Å². The number of likely N-dealkylation sites (N-methyl/N-ethyl adjacent to an activating group) is 1. The maximum absolute atomic E-state index is 13.2. The number of halogens is 1. The molecule has 0 aliphatic rings. The number of thioether (sulfide) groups is 1. The Hall–Kier alpha value is -1.80. The minimum absolute atomic E-state index is 0. The minimum Gasteiger partial charge on any atom is -0.497 e. The van der Waals surface area contributed by atoms with Crippen molar-refractivity contribution in [3.63, 3.8) is 0 Å². The summed E-state index contributed by atoms with van der Waals surface area (Å²) < 4.78 is 6.38. The van der Waals surface area contributed by atoms with Crippen molar-refractivity contribution in [2.75, 3.05) is 43.9 Å². The number of amides is 1. The quantitative estimate of drug-likeness (QED) is 0.336. The molecule has 3 rings (SSSR count). The normalized spacial score (nSPS) is 10.8. The van der Waals surface area contributed by atoms with E-state index in [0.717, 1.165) is 46.5 Å². The summed E-state index contributed by atoms with van der Waals surface area (Å²) in [5.41, 5.74) is 0.869. The lowest BCUT2D eigenvalue weighted by atomic mass is 10.3. The lowest BCUT2D eigenvalue weighted by Gasteiger charge is -2.24. The summed E-state index contributed by atoms with van der Waals surface area (Å²) in [7, 11) is 1.65. The number of anilines is 1. The third kappa shape index (κ3) is 7.10. The van der Waals surface area contributed by atoms with Crippen LogP contribution in [0.2, 0.25) is 0 Å². The Morgan fingerprint density at radius 1 is 1.10 bits per heavy atom. The van der Waals surface area contributed by atoms with Crippen LogP contribution in [0.5, 0.6) is 5.75 Å². The fourth-order valence-corrected chi connectivity index (χ4v) is 5.00. The predicted molar refractivity (Wildman–Crippen MR) is 135 cm³/mol. The molecule has 0 saturated heterocycles. The van der Waals surface area contributed by atoms with E-state index >= 15 is 0 Å². The molecule has 0 atom stereocenters. The van der Waals surface area contributed by atoms with E-state index in [1.165, 1.54) is 4.90 Å². The molecule has 2 aromatic carbocycles. The third-order valence-corrected chi connectivity index (χ3v) is 7.05. The number of ether oxygens (including phenoxy) is 1. The van der Waals surface area contributed by atoms with Gasteiger partial charge in [0.2, 0.25) is 5.91 Å². The Morgan fingerprint density at radius 2 is 1.84 bits per heavy atom. The molecule has 31 heavy (non-hydrogen) atoms. The minimum atomic E-state index is 0. The monoisotopic (exact) mass is 479 g/mol. The van der Waals surface area contributed by atoms with E-state index in [0.29, 0.717) is 13.0 Å². The van der Waals surface area contributed by atoms with Crippen LogP contribution in [0.4, 0.5) is 5.13 Å². The molecular formula is C23H30ClN3O2S2. The highest BCUT2D eigenvalue weighted by Gasteiger charge is 2.20. The van der Waals surface area contributed by atoms with Gasteiger partial charge in [-0.15, -0.1) is 24.2 Å². The van der Waals surface area contributed by atoms with E-state index in [1.54, 1.807) is 30.2 Å². The zero-order chi connectivity index (χ0) is 21.3. The summed E-state index contributed by atoms with van der Waals surface area (Å²) in [6.45, 7) is 7.72. The van der Waals surface area contributed by atoms with Crippen molar-refractivity contribution < 1.29 is 9.53 Å². The van der Waals surface area contributed by atoms with Crippen LogP contribution in [0.1, 0.15) is 20.3 Å². The van der Waals surface area contributed by atoms with Gasteiger partial charge in [-0.05, 0) is 37.4 Å². The topological polar surface area (TPSA) is 45.7 Å².